The summed E-state index contributed by atoms with van der Waals surface area (Å²) in [6.45, 7) is 5.25. The number of carbonyl (C=O) groups is 3. The molecule has 10 nitrogen and oxygen atoms in total. The molecule has 2 aliphatic rings. The van der Waals surface area contributed by atoms with Gasteiger partial charge in [0.25, 0.3) is 5.91 Å². The lowest BCUT2D eigenvalue weighted by Gasteiger charge is -2.40. The highest BCUT2D eigenvalue weighted by molar-refractivity contribution is 6.20. The molecule has 1 aromatic rings. The molecule has 10 heteroatoms. The summed E-state index contributed by atoms with van der Waals surface area (Å²) < 4.78 is 0. The Hall–Kier alpha value is -2.95. The molecule has 0 saturated carbocycles. The van der Waals surface area contributed by atoms with Crippen LogP contribution in [0.15, 0.2) is 17.4 Å². The molecule has 0 aliphatic heterocycles. The number of anilines is 1. The number of carbonyl (C=O) groups excluding carboxylic acids is 3. The van der Waals surface area contributed by atoms with Crippen LogP contribution >= 0.6 is 0 Å². The molecule has 3 atom stereocenters. The summed E-state index contributed by atoms with van der Waals surface area (Å²) in [6.07, 6.45) is 0.305. The fraction of sp³-hybridized carbons (Fsp3) is 0.577. The second-order valence-corrected chi connectivity index (χ2v) is 10.0. The van der Waals surface area contributed by atoms with Crippen LogP contribution in [0.1, 0.15) is 54.6 Å². The van der Waals surface area contributed by atoms with Gasteiger partial charge >= 0.3 is 0 Å². The van der Waals surface area contributed by atoms with Crippen molar-refractivity contribution in [1.29, 1.82) is 0 Å². The number of hydrogen-bond acceptors (Lipinski definition) is 9. The van der Waals surface area contributed by atoms with Gasteiger partial charge in [0.05, 0.1) is 12.2 Å². The molecule has 0 radical (unpaired) electrons. The quantitative estimate of drug-likeness (QED) is 0.310. The minimum absolute atomic E-state index is 0.0164. The molecule has 6 N–H and O–H groups in total. The third-order valence-electron chi connectivity index (χ3n) is 7.62. The summed E-state index contributed by atoms with van der Waals surface area (Å²) in [4.78, 5) is 41.5. The lowest BCUT2D eigenvalue weighted by molar-refractivity contribution is -0.130. The zero-order chi connectivity index (χ0) is 26.9. The fourth-order valence-corrected chi connectivity index (χ4v) is 5.53. The maximum atomic E-state index is 13.3. The van der Waals surface area contributed by atoms with Crippen LogP contribution in [-0.2, 0) is 22.6 Å². The molecule has 0 unspecified atom stereocenters. The number of Topliss-reactive ketones (excluding diaryl/α,β-unsaturated/α-hetero) is 2. The van der Waals surface area contributed by atoms with Crippen molar-refractivity contribution in [3.8, 4) is 5.75 Å². The van der Waals surface area contributed by atoms with Gasteiger partial charge in [-0.3, -0.25) is 19.3 Å². The van der Waals surface area contributed by atoms with Crippen LogP contribution in [0.4, 0.5) is 5.69 Å². The maximum absolute atomic E-state index is 13.3. The largest absolute Gasteiger partial charge is 0.508 e. The number of nitrogens with two attached hydrogens (primary N) is 1. The second kappa shape index (κ2) is 10.6. The molecule has 0 aromatic heterocycles. The van der Waals surface area contributed by atoms with E-state index in [0.29, 0.717) is 29.7 Å². The number of phenols is 1. The third-order valence-corrected chi connectivity index (χ3v) is 7.62. The molecule has 36 heavy (non-hydrogen) atoms. The van der Waals surface area contributed by atoms with Crippen molar-refractivity contribution in [2.75, 3.05) is 38.7 Å². The summed E-state index contributed by atoms with van der Waals surface area (Å²) >= 11 is 0. The average molecular weight is 504 g/mol. The number of fused-ring (bicyclic) bond motifs is 1. The van der Waals surface area contributed by atoms with E-state index in [1.165, 1.54) is 0 Å². The first-order chi connectivity index (χ1) is 16.9. The molecule has 0 bridgehead atoms. The average Bonchev–Trinajstić information content (AvgIpc) is 2.81. The van der Waals surface area contributed by atoms with Gasteiger partial charge < -0.3 is 31.1 Å². The Morgan fingerprint density at radius 2 is 1.75 bits per heavy atom. The third kappa shape index (κ3) is 4.85. The smallest absolute Gasteiger partial charge is 0.255 e. The molecule has 3 rings (SSSR count). The van der Waals surface area contributed by atoms with E-state index in [2.05, 4.69) is 4.90 Å². The van der Waals surface area contributed by atoms with Crippen molar-refractivity contribution in [3.05, 3.63) is 34.1 Å². The Labute approximate surface area is 211 Å². The summed E-state index contributed by atoms with van der Waals surface area (Å²) in [5, 5.41) is 42.5. The van der Waals surface area contributed by atoms with E-state index < -0.39 is 41.1 Å². The topological polar surface area (TPSA) is 165 Å². The molecule has 2 aliphatic carbocycles. The fourth-order valence-electron chi connectivity index (χ4n) is 5.53. The highest BCUT2D eigenvalue weighted by Gasteiger charge is 2.50. The van der Waals surface area contributed by atoms with Crippen molar-refractivity contribution in [2.24, 2.45) is 17.6 Å². The minimum Gasteiger partial charge on any atom is -0.508 e. The molecule has 0 saturated heterocycles. The standard InChI is InChI=1S/C26H37N3O7/c1-5-29(6-2)12-15-10-18(28(3)4)17-8-14(9-19(31)21(17)23(15)33)7-16-11-20(32)22(25(27)35)24(34)26(16,36)13-30/h10,14,16,30,33-34,36H,5-9,11-13H2,1-4H3,(H2,27,35)/t14-,16+,26-/m1/s1. The number of primary amides is 1. The number of nitrogens with zero attached hydrogens (tertiary/aromatic N) is 2. The predicted molar refractivity (Wildman–Crippen MR) is 134 cm³/mol. The van der Waals surface area contributed by atoms with Crippen LogP contribution in [0.2, 0.25) is 0 Å². The van der Waals surface area contributed by atoms with Crippen LogP contribution in [0.5, 0.6) is 5.75 Å². The molecule has 1 aromatic carbocycles. The van der Waals surface area contributed by atoms with Gasteiger partial charge in [0.2, 0.25) is 0 Å². The van der Waals surface area contributed by atoms with Crippen LogP contribution < -0.4 is 10.6 Å². The van der Waals surface area contributed by atoms with Crippen molar-refractivity contribution in [1.82, 2.24) is 4.90 Å². The van der Waals surface area contributed by atoms with Crippen LogP contribution in [-0.4, -0.2) is 82.2 Å². The van der Waals surface area contributed by atoms with E-state index in [-0.39, 0.29) is 36.7 Å². The number of ketones is 2. The predicted octanol–water partition coefficient (Wildman–Crippen LogP) is 1.05. The first kappa shape index (κ1) is 27.6. The van der Waals surface area contributed by atoms with Gasteiger partial charge in [-0.25, -0.2) is 0 Å². The van der Waals surface area contributed by atoms with Gasteiger partial charge in [-0.05, 0) is 43.5 Å². The number of aliphatic hydroxyl groups excluding tert-OH is 2. The second-order valence-electron chi connectivity index (χ2n) is 10.0. The molecule has 0 fully saturated rings. The molecule has 1 amide bonds. The van der Waals surface area contributed by atoms with Gasteiger partial charge in [0, 0.05) is 50.7 Å². The number of rotatable bonds is 9. The molecule has 0 heterocycles. The monoisotopic (exact) mass is 503 g/mol. The van der Waals surface area contributed by atoms with Crippen molar-refractivity contribution in [3.63, 3.8) is 0 Å². The number of aliphatic hydroxyl groups is 3. The van der Waals surface area contributed by atoms with E-state index in [0.717, 1.165) is 18.8 Å². The lowest BCUT2D eigenvalue weighted by atomic mass is 9.68. The Morgan fingerprint density at radius 3 is 2.28 bits per heavy atom. The number of aromatic hydroxyl groups is 1. The van der Waals surface area contributed by atoms with Gasteiger partial charge in [-0.1, -0.05) is 13.8 Å². The van der Waals surface area contributed by atoms with E-state index in [1.54, 1.807) is 0 Å². The Kier molecular flexibility index (Phi) is 8.12. The summed E-state index contributed by atoms with van der Waals surface area (Å²) in [7, 11) is 3.72. The van der Waals surface area contributed by atoms with Gasteiger partial charge in [0.1, 0.15) is 22.7 Å². The first-order valence-electron chi connectivity index (χ1n) is 12.3. The van der Waals surface area contributed by atoms with Crippen LogP contribution in [0.3, 0.4) is 0 Å². The van der Waals surface area contributed by atoms with E-state index >= 15 is 0 Å². The van der Waals surface area contributed by atoms with Crippen molar-refractivity contribution < 1.29 is 34.8 Å². The SMILES string of the molecule is CCN(CC)Cc1cc(N(C)C)c2c(c1O)C(=O)C[C@H](C[C@H]1CC(=O)C(C(N)=O)=C(O)[C@@]1(O)CO)C2. The summed E-state index contributed by atoms with van der Waals surface area (Å²) in [6, 6.07) is 1.89. The normalized spacial score (nSPS) is 24.3. The van der Waals surface area contributed by atoms with Gasteiger partial charge in [-0.15, -0.1) is 0 Å². The van der Waals surface area contributed by atoms with E-state index in [9.17, 15) is 34.8 Å². The number of phenolic OH excluding ortho intramolecular Hbond substituents is 1. The van der Waals surface area contributed by atoms with Crippen LogP contribution in [0.25, 0.3) is 0 Å². The van der Waals surface area contributed by atoms with E-state index in [4.69, 9.17) is 5.73 Å². The minimum atomic E-state index is -2.22. The zero-order valence-corrected chi connectivity index (χ0v) is 21.4. The number of amides is 1. The summed E-state index contributed by atoms with van der Waals surface area (Å²) in [5.41, 5.74) is 4.75. The molecule has 198 valence electrons. The Bertz CT molecular complexity index is 1090. The first-order valence-corrected chi connectivity index (χ1v) is 12.3. The lowest BCUT2D eigenvalue weighted by Crippen LogP contribution is -2.51. The molecular formula is C26H37N3O7. The number of benzene rings is 1. The number of hydrogen-bond donors (Lipinski definition) is 5. The molecule has 0 spiro atoms. The Morgan fingerprint density at radius 1 is 1.11 bits per heavy atom. The summed E-state index contributed by atoms with van der Waals surface area (Å²) in [5.74, 6) is -4.30. The van der Waals surface area contributed by atoms with Crippen molar-refractivity contribution in [2.45, 2.75) is 51.7 Å². The van der Waals surface area contributed by atoms with Crippen molar-refractivity contribution >= 4 is 23.2 Å². The zero-order valence-electron chi connectivity index (χ0n) is 21.4. The highest BCUT2D eigenvalue weighted by atomic mass is 16.4. The van der Waals surface area contributed by atoms with Gasteiger partial charge in [0.15, 0.2) is 11.6 Å². The highest BCUT2D eigenvalue weighted by Crippen LogP contribution is 2.45. The maximum Gasteiger partial charge on any atom is 0.255 e. The van der Waals surface area contributed by atoms with Crippen LogP contribution in [0, 0.1) is 11.8 Å². The van der Waals surface area contributed by atoms with Gasteiger partial charge in [-0.2, -0.15) is 0 Å². The van der Waals surface area contributed by atoms with E-state index in [1.807, 2.05) is 38.9 Å². The Balaban J connectivity index is 1.98. The molecular weight excluding hydrogens is 466 g/mol.